The topological polar surface area (TPSA) is 54.9 Å². The number of hydrogen-bond acceptors (Lipinski definition) is 3. The van der Waals surface area contributed by atoms with E-state index < -0.39 is 0 Å². The largest absolute Gasteiger partial charge is 0.488 e. The van der Waals surface area contributed by atoms with E-state index in [9.17, 15) is 0 Å². The summed E-state index contributed by atoms with van der Waals surface area (Å²) < 4.78 is 11.7. The molecule has 3 fully saturated rings. The average molecular weight is 372 g/mol. The SMILES string of the molecule is CN=C(NCc1ccc(C)cc1OC1CCOC1)NCC(C1CC1)C1CC1. The molecule has 27 heavy (non-hydrogen) atoms. The molecule has 0 bridgehead atoms. The molecule has 0 spiro atoms. The van der Waals surface area contributed by atoms with E-state index in [4.69, 9.17) is 9.47 Å². The van der Waals surface area contributed by atoms with Gasteiger partial charge in [-0.05, 0) is 62.0 Å². The van der Waals surface area contributed by atoms with Crippen LogP contribution in [0.1, 0.15) is 43.2 Å². The average Bonchev–Trinajstić information content (AvgIpc) is 3.60. The second-order valence-electron chi connectivity index (χ2n) is 8.36. The molecule has 1 saturated heterocycles. The molecule has 4 rings (SSSR count). The Kier molecular flexibility index (Phi) is 5.86. The third kappa shape index (κ3) is 5.16. The van der Waals surface area contributed by atoms with Gasteiger partial charge in [-0.25, -0.2) is 0 Å². The van der Waals surface area contributed by atoms with E-state index in [1.807, 2.05) is 7.05 Å². The van der Waals surface area contributed by atoms with Crippen LogP contribution in [0, 0.1) is 24.7 Å². The van der Waals surface area contributed by atoms with Crippen molar-refractivity contribution in [2.75, 3.05) is 26.8 Å². The number of ether oxygens (including phenoxy) is 2. The Bertz CT molecular complexity index is 650. The molecule has 1 unspecified atom stereocenters. The van der Waals surface area contributed by atoms with Gasteiger partial charge in [0.05, 0.1) is 13.2 Å². The molecule has 3 aliphatic rings. The molecule has 148 valence electrons. The highest BCUT2D eigenvalue weighted by Gasteiger charge is 2.41. The molecule has 1 heterocycles. The Balaban J connectivity index is 1.32. The Morgan fingerprint density at radius 3 is 2.59 bits per heavy atom. The van der Waals surface area contributed by atoms with Crippen molar-refractivity contribution in [3.63, 3.8) is 0 Å². The van der Waals surface area contributed by atoms with Gasteiger partial charge < -0.3 is 20.1 Å². The van der Waals surface area contributed by atoms with Crippen LogP contribution in [0.2, 0.25) is 0 Å². The monoisotopic (exact) mass is 371 g/mol. The first-order valence-electron chi connectivity index (χ1n) is 10.5. The van der Waals surface area contributed by atoms with Crippen molar-refractivity contribution in [3.05, 3.63) is 29.3 Å². The summed E-state index contributed by atoms with van der Waals surface area (Å²) in [7, 11) is 1.85. The maximum absolute atomic E-state index is 6.21. The number of aryl methyl sites for hydroxylation is 1. The lowest BCUT2D eigenvalue weighted by Crippen LogP contribution is -2.40. The zero-order valence-electron chi connectivity index (χ0n) is 16.7. The van der Waals surface area contributed by atoms with Crippen LogP contribution in [-0.4, -0.2) is 38.9 Å². The maximum atomic E-state index is 6.21. The number of nitrogens with zero attached hydrogens (tertiary/aromatic N) is 1. The Hall–Kier alpha value is -1.75. The van der Waals surface area contributed by atoms with Gasteiger partial charge in [0.2, 0.25) is 0 Å². The van der Waals surface area contributed by atoms with E-state index in [1.54, 1.807) is 0 Å². The van der Waals surface area contributed by atoms with Crippen LogP contribution in [0.25, 0.3) is 0 Å². The Morgan fingerprint density at radius 1 is 1.19 bits per heavy atom. The van der Waals surface area contributed by atoms with E-state index in [2.05, 4.69) is 40.7 Å². The van der Waals surface area contributed by atoms with Crippen LogP contribution in [-0.2, 0) is 11.3 Å². The molecule has 0 amide bonds. The molecular formula is C22H33N3O2. The quantitative estimate of drug-likeness (QED) is 0.544. The van der Waals surface area contributed by atoms with E-state index >= 15 is 0 Å². The first kappa shape index (κ1) is 18.6. The van der Waals surface area contributed by atoms with E-state index in [-0.39, 0.29) is 6.10 Å². The molecule has 2 N–H and O–H groups in total. The normalized spacial score (nSPS) is 22.9. The molecule has 0 radical (unpaired) electrons. The van der Waals surface area contributed by atoms with Crippen molar-refractivity contribution in [2.45, 2.75) is 51.7 Å². The number of aliphatic imine (C=N–C) groups is 1. The van der Waals surface area contributed by atoms with Crippen molar-refractivity contribution < 1.29 is 9.47 Å². The highest BCUT2D eigenvalue weighted by Crippen LogP contribution is 2.48. The predicted molar refractivity (Wildman–Crippen MR) is 108 cm³/mol. The van der Waals surface area contributed by atoms with Crippen LogP contribution in [0.4, 0.5) is 0 Å². The van der Waals surface area contributed by atoms with Gasteiger partial charge in [-0.1, -0.05) is 12.1 Å². The third-order valence-electron chi connectivity index (χ3n) is 6.03. The molecule has 1 atom stereocenters. The van der Waals surface area contributed by atoms with Gasteiger partial charge in [0.15, 0.2) is 5.96 Å². The lowest BCUT2D eigenvalue weighted by atomic mass is 9.98. The summed E-state index contributed by atoms with van der Waals surface area (Å²) in [5, 5.41) is 7.04. The molecule has 0 aromatic heterocycles. The van der Waals surface area contributed by atoms with Crippen molar-refractivity contribution in [3.8, 4) is 5.75 Å². The molecule has 1 aliphatic heterocycles. The molecule has 5 heteroatoms. The molecule has 5 nitrogen and oxygen atoms in total. The summed E-state index contributed by atoms with van der Waals surface area (Å²) in [6.07, 6.45) is 6.82. The van der Waals surface area contributed by atoms with Crippen molar-refractivity contribution >= 4 is 5.96 Å². The lowest BCUT2D eigenvalue weighted by molar-refractivity contribution is 0.140. The fourth-order valence-corrected chi connectivity index (χ4v) is 4.08. The van der Waals surface area contributed by atoms with Gasteiger partial charge in [-0.15, -0.1) is 0 Å². The van der Waals surface area contributed by atoms with Crippen molar-refractivity contribution in [2.24, 2.45) is 22.7 Å². The summed E-state index contributed by atoms with van der Waals surface area (Å²) >= 11 is 0. The predicted octanol–water partition coefficient (Wildman–Crippen LogP) is 3.26. The third-order valence-corrected chi connectivity index (χ3v) is 6.03. The number of benzene rings is 1. The van der Waals surface area contributed by atoms with Crippen LogP contribution >= 0.6 is 0 Å². The second-order valence-corrected chi connectivity index (χ2v) is 8.36. The number of rotatable bonds is 8. The van der Waals surface area contributed by atoms with Crippen LogP contribution in [0.15, 0.2) is 23.2 Å². The van der Waals surface area contributed by atoms with E-state index in [0.717, 1.165) is 54.6 Å². The second kappa shape index (κ2) is 8.51. The Labute approximate surface area is 162 Å². The van der Waals surface area contributed by atoms with Crippen LogP contribution in [0.5, 0.6) is 5.75 Å². The van der Waals surface area contributed by atoms with Crippen molar-refractivity contribution in [1.29, 1.82) is 0 Å². The first-order chi connectivity index (χ1) is 13.2. The molecule has 1 aromatic carbocycles. The lowest BCUT2D eigenvalue weighted by Gasteiger charge is -2.20. The summed E-state index contributed by atoms with van der Waals surface area (Å²) in [6, 6.07) is 6.42. The van der Waals surface area contributed by atoms with Gasteiger partial charge in [0.25, 0.3) is 0 Å². The Morgan fingerprint density at radius 2 is 1.96 bits per heavy atom. The fourth-order valence-electron chi connectivity index (χ4n) is 4.08. The van der Waals surface area contributed by atoms with Crippen molar-refractivity contribution in [1.82, 2.24) is 10.6 Å². The minimum absolute atomic E-state index is 0.167. The number of guanidine groups is 1. The van der Waals surface area contributed by atoms with Gasteiger partial charge in [-0.3, -0.25) is 4.99 Å². The summed E-state index contributed by atoms with van der Waals surface area (Å²) in [6.45, 7) is 5.34. The highest BCUT2D eigenvalue weighted by molar-refractivity contribution is 5.79. The summed E-state index contributed by atoms with van der Waals surface area (Å²) in [5.41, 5.74) is 2.38. The number of nitrogens with one attached hydrogen (secondary N) is 2. The standard InChI is InChI=1S/C22H33N3O2/c1-15-3-4-18(21(11-15)27-19-9-10-26-14-19)12-24-22(23-2)25-13-20(16-5-6-16)17-7-8-17/h3-4,11,16-17,19-20H,5-10,12-14H2,1-2H3,(H2,23,24,25). The zero-order valence-corrected chi connectivity index (χ0v) is 16.7. The molecule has 2 aliphatic carbocycles. The zero-order chi connectivity index (χ0) is 18.6. The highest BCUT2D eigenvalue weighted by atomic mass is 16.5. The van der Waals surface area contributed by atoms with E-state index in [0.29, 0.717) is 13.2 Å². The molecular weight excluding hydrogens is 338 g/mol. The van der Waals surface area contributed by atoms with Gasteiger partial charge in [-0.2, -0.15) is 0 Å². The van der Waals surface area contributed by atoms with Crippen LogP contribution < -0.4 is 15.4 Å². The minimum Gasteiger partial charge on any atom is -0.488 e. The first-order valence-corrected chi connectivity index (χ1v) is 10.5. The van der Waals surface area contributed by atoms with Crippen LogP contribution in [0.3, 0.4) is 0 Å². The molecule has 1 aromatic rings. The van der Waals surface area contributed by atoms with Gasteiger partial charge >= 0.3 is 0 Å². The maximum Gasteiger partial charge on any atom is 0.191 e. The van der Waals surface area contributed by atoms with Gasteiger partial charge in [0, 0.05) is 32.1 Å². The van der Waals surface area contributed by atoms with Gasteiger partial charge in [0.1, 0.15) is 11.9 Å². The number of hydrogen-bond donors (Lipinski definition) is 2. The fraction of sp³-hybridized carbons (Fsp3) is 0.682. The summed E-state index contributed by atoms with van der Waals surface area (Å²) in [5.74, 6) is 4.59. The molecule has 2 saturated carbocycles. The van der Waals surface area contributed by atoms with E-state index in [1.165, 1.54) is 31.2 Å². The minimum atomic E-state index is 0.167. The summed E-state index contributed by atoms with van der Waals surface area (Å²) in [4.78, 5) is 4.42. The smallest absolute Gasteiger partial charge is 0.191 e.